The van der Waals surface area contributed by atoms with E-state index in [1.54, 1.807) is 13.2 Å². The molecule has 0 aromatic heterocycles. The quantitative estimate of drug-likeness (QED) is 0.193. The Hall–Kier alpha value is -3.40. The fraction of sp³-hybridized carbons (Fsp3) is 0.222. The highest BCUT2D eigenvalue weighted by Crippen LogP contribution is 2.17. The van der Waals surface area contributed by atoms with Crippen molar-refractivity contribution < 1.29 is 18.7 Å². The maximum absolute atomic E-state index is 13.2. The molecule has 0 spiro atoms. The summed E-state index contributed by atoms with van der Waals surface area (Å²) in [6.07, 6.45) is 6.13. The lowest BCUT2D eigenvalue weighted by Gasteiger charge is -2.13. The van der Waals surface area contributed by atoms with Crippen molar-refractivity contribution in [1.29, 1.82) is 0 Å². The Morgan fingerprint density at radius 2 is 1.42 bits per heavy atom. The Morgan fingerprint density at radius 3 is 1.97 bits per heavy atom. The molecule has 0 N–H and O–H groups in total. The molecule has 0 saturated heterocycles. The second-order valence-corrected chi connectivity index (χ2v) is 8.30. The van der Waals surface area contributed by atoms with Gasteiger partial charge in [-0.1, -0.05) is 48.6 Å². The van der Waals surface area contributed by atoms with E-state index in [0.717, 1.165) is 28.0 Å². The van der Waals surface area contributed by atoms with Gasteiger partial charge in [-0.2, -0.15) is 0 Å². The van der Waals surface area contributed by atoms with Gasteiger partial charge in [0.1, 0.15) is 25.3 Å². The van der Waals surface area contributed by atoms with E-state index in [-0.39, 0.29) is 11.4 Å². The largest absolute Gasteiger partial charge is 0.489 e. The van der Waals surface area contributed by atoms with Crippen LogP contribution < -0.4 is 4.74 Å². The summed E-state index contributed by atoms with van der Waals surface area (Å²) in [5, 5.41) is 0. The standard InChI is InChI=1S/C27H29FNO2/c1-27(2,3)29(30-4)19-23-12-10-21(11-13-23)8-9-22-14-16-26(17-15-22)31-20-24-6-5-7-25(28)18-24/h5-19H,20H2,1-4H3/q+1/b9-8+,29-19+. The molecule has 3 aromatic rings. The average Bonchev–Trinajstić information content (AvgIpc) is 2.75. The Kier molecular flexibility index (Phi) is 7.24. The number of halogens is 1. The highest BCUT2D eigenvalue weighted by Gasteiger charge is 2.25. The molecule has 0 aliphatic heterocycles. The normalized spacial score (nSPS) is 12.2. The molecule has 0 atom stereocenters. The van der Waals surface area contributed by atoms with Gasteiger partial charge in [-0.05, 0) is 57.8 Å². The lowest BCUT2D eigenvalue weighted by molar-refractivity contribution is -0.821. The Labute approximate surface area is 184 Å². The molecule has 3 aromatic carbocycles. The minimum Gasteiger partial charge on any atom is -0.489 e. The van der Waals surface area contributed by atoms with Crippen molar-refractivity contribution in [3.05, 3.63) is 101 Å². The molecule has 0 bridgehead atoms. The van der Waals surface area contributed by atoms with Crippen LogP contribution in [0.15, 0.2) is 72.8 Å². The van der Waals surface area contributed by atoms with Gasteiger partial charge in [0.25, 0.3) is 0 Å². The van der Waals surface area contributed by atoms with E-state index in [0.29, 0.717) is 6.61 Å². The predicted octanol–water partition coefficient (Wildman–Crippen LogP) is 6.37. The van der Waals surface area contributed by atoms with Crippen LogP contribution in [-0.4, -0.2) is 23.6 Å². The molecule has 3 nitrogen and oxygen atoms in total. The second kappa shape index (κ2) is 10.1. The van der Waals surface area contributed by atoms with Crippen LogP contribution in [0, 0.1) is 5.82 Å². The molecule has 3 rings (SSSR count). The Bertz CT molecular complexity index is 1050. The number of rotatable bonds is 7. The lowest BCUT2D eigenvalue weighted by atomic mass is 10.1. The van der Waals surface area contributed by atoms with Crippen molar-refractivity contribution in [2.24, 2.45) is 0 Å². The number of nitrogens with zero attached hydrogens (tertiary/aromatic N) is 1. The smallest absolute Gasteiger partial charge is 0.223 e. The molecular weight excluding hydrogens is 389 g/mol. The molecular formula is C27H29FNO2+. The van der Waals surface area contributed by atoms with E-state index in [1.807, 2.05) is 41.3 Å². The van der Waals surface area contributed by atoms with Crippen LogP contribution in [-0.2, 0) is 11.4 Å². The molecule has 0 amide bonds. The summed E-state index contributed by atoms with van der Waals surface area (Å²) in [5.74, 6) is 0.501. The number of benzene rings is 3. The predicted molar refractivity (Wildman–Crippen MR) is 125 cm³/mol. The van der Waals surface area contributed by atoms with Crippen molar-refractivity contribution >= 4 is 18.4 Å². The van der Waals surface area contributed by atoms with Crippen molar-refractivity contribution in [1.82, 2.24) is 0 Å². The summed E-state index contributed by atoms with van der Waals surface area (Å²) in [7, 11) is 1.68. The van der Waals surface area contributed by atoms with Crippen LogP contribution in [0.4, 0.5) is 4.39 Å². The third-order valence-corrected chi connectivity index (χ3v) is 4.70. The molecule has 31 heavy (non-hydrogen) atoms. The maximum Gasteiger partial charge on any atom is 0.223 e. The fourth-order valence-electron chi connectivity index (χ4n) is 3.01. The molecule has 0 aliphatic carbocycles. The van der Waals surface area contributed by atoms with Crippen molar-refractivity contribution in [2.75, 3.05) is 7.11 Å². The van der Waals surface area contributed by atoms with Gasteiger partial charge in [-0.25, -0.2) is 4.39 Å². The van der Waals surface area contributed by atoms with Crippen LogP contribution in [0.5, 0.6) is 5.75 Å². The highest BCUT2D eigenvalue weighted by atomic mass is 19.1. The molecule has 0 saturated carbocycles. The van der Waals surface area contributed by atoms with Crippen LogP contribution in [0.1, 0.15) is 43.0 Å². The van der Waals surface area contributed by atoms with Gasteiger partial charge >= 0.3 is 0 Å². The summed E-state index contributed by atoms with van der Waals surface area (Å²) >= 11 is 0. The number of hydrogen-bond donors (Lipinski definition) is 0. The van der Waals surface area contributed by atoms with Crippen LogP contribution >= 0.6 is 0 Å². The first-order valence-electron chi connectivity index (χ1n) is 10.3. The monoisotopic (exact) mass is 418 g/mol. The zero-order valence-electron chi connectivity index (χ0n) is 18.5. The third-order valence-electron chi connectivity index (χ3n) is 4.70. The summed E-state index contributed by atoms with van der Waals surface area (Å²) < 4.78 is 20.8. The SMILES string of the molecule is CO/[N+](=C/c1ccc(/C=C/c2ccc(OCc3cccc(F)c3)cc2)cc1)C(C)(C)C. The van der Waals surface area contributed by atoms with Gasteiger partial charge in [-0.15, -0.1) is 0 Å². The highest BCUT2D eigenvalue weighted by molar-refractivity contribution is 5.77. The lowest BCUT2D eigenvalue weighted by Crippen LogP contribution is -2.33. The van der Waals surface area contributed by atoms with Crippen LogP contribution in [0.3, 0.4) is 0 Å². The molecule has 4 heteroatoms. The first-order chi connectivity index (χ1) is 14.8. The fourth-order valence-corrected chi connectivity index (χ4v) is 3.01. The van der Waals surface area contributed by atoms with Crippen LogP contribution in [0.2, 0.25) is 0 Å². The van der Waals surface area contributed by atoms with E-state index in [2.05, 4.69) is 57.2 Å². The van der Waals surface area contributed by atoms with Gasteiger partial charge in [0.2, 0.25) is 11.8 Å². The third kappa shape index (κ3) is 6.82. The number of ether oxygens (including phenoxy) is 1. The van der Waals surface area contributed by atoms with Crippen molar-refractivity contribution in [2.45, 2.75) is 32.9 Å². The van der Waals surface area contributed by atoms with E-state index >= 15 is 0 Å². The molecule has 160 valence electrons. The minimum atomic E-state index is -0.252. The maximum atomic E-state index is 13.2. The zero-order valence-corrected chi connectivity index (χ0v) is 18.5. The minimum absolute atomic E-state index is 0.111. The number of hydroxylamine groups is 1. The molecule has 0 aliphatic rings. The van der Waals surface area contributed by atoms with Gasteiger partial charge in [0.15, 0.2) is 0 Å². The molecule has 0 radical (unpaired) electrons. The Balaban J connectivity index is 1.59. The van der Waals surface area contributed by atoms with E-state index < -0.39 is 0 Å². The summed E-state index contributed by atoms with van der Waals surface area (Å²) in [6, 6.07) is 22.6. The summed E-state index contributed by atoms with van der Waals surface area (Å²) in [4.78, 5) is 5.45. The van der Waals surface area contributed by atoms with Gasteiger partial charge in [0.05, 0.1) is 0 Å². The average molecular weight is 419 g/mol. The molecule has 0 heterocycles. The summed E-state index contributed by atoms with van der Waals surface area (Å²) in [6.45, 7) is 6.64. The zero-order chi connectivity index (χ0) is 22.3. The van der Waals surface area contributed by atoms with E-state index in [4.69, 9.17) is 9.57 Å². The van der Waals surface area contributed by atoms with Crippen LogP contribution in [0.25, 0.3) is 12.2 Å². The first kappa shape index (κ1) is 22.3. The summed E-state index contributed by atoms with van der Waals surface area (Å²) in [5.41, 5.74) is 3.96. The van der Waals surface area contributed by atoms with Crippen molar-refractivity contribution in [3.8, 4) is 5.75 Å². The Morgan fingerprint density at radius 1 is 0.839 bits per heavy atom. The van der Waals surface area contributed by atoms with E-state index in [9.17, 15) is 4.39 Å². The molecule has 0 fully saturated rings. The van der Waals surface area contributed by atoms with Gasteiger partial charge < -0.3 is 4.74 Å². The van der Waals surface area contributed by atoms with Gasteiger partial charge in [-0.3, -0.25) is 4.84 Å². The van der Waals surface area contributed by atoms with Crippen molar-refractivity contribution in [3.63, 3.8) is 0 Å². The van der Waals surface area contributed by atoms with Gasteiger partial charge in [0, 0.05) is 26.3 Å². The second-order valence-electron chi connectivity index (χ2n) is 8.30. The topological polar surface area (TPSA) is 21.5 Å². The van der Waals surface area contributed by atoms with E-state index in [1.165, 1.54) is 12.1 Å². The first-order valence-corrected chi connectivity index (χ1v) is 10.3. The number of hydrogen-bond acceptors (Lipinski definition) is 2. The molecule has 0 unspecified atom stereocenters.